The highest BCUT2D eigenvalue weighted by Gasteiger charge is 2.40. The van der Waals surface area contributed by atoms with Crippen molar-refractivity contribution >= 4 is 21.7 Å². The molecule has 7 nitrogen and oxygen atoms in total. The Morgan fingerprint density at radius 1 is 1.03 bits per heavy atom. The lowest BCUT2D eigenvalue weighted by molar-refractivity contribution is -0.129. The van der Waals surface area contributed by atoms with Crippen molar-refractivity contribution < 1.29 is 18.0 Å². The minimum absolute atomic E-state index is 0.340. The quantitative estimate of drug-likeness (QED) is 0.544. The van der Waals surface area contributed by atoms with Gasteiger partial charge in [0.1, 0.15) is 5.75 Å². The summed E-state index contributed by atoms with van der Waals surface area (Å²) in [5, 5.41) is 0. The first kappa shape index (κ1) is 25.4. The largest absolute Gasteiger partial charge is 0.366 e. The Hall–Kier alpha value is -2.71. The van der Waals surface area contributed by atoms with E-state index in [0.29, 0.717) is 36.7 Å². The van der Waals surface area contributed by atoms with Crippen LogP contribution >= 0.6 is 0 Å². The van der Waals surface area contributed by atoms with Crippen LogP contribution in [-0.4, -0.2) is 67.2 Å². The Bertz CT molecular complexity index is 1140. The molecule has 2 saturated heterocycles. The fourth-order valence-corrected chi connectivity index (χ4v) is 6.34. The van der Waals surface area contributed by atoms with E-state index in [1.54, 1.807) is 11.0 Å². The van der Waals surface area contributed by atoms with Crippen molar-refractivity contribution in [3.8, 4) is 0 Å². The maximum Gasteiger partial charge on any atom is 0.248 e. The summed E-state index contributed by atoms with van der Waals surface area (Å²) in [5.41, 5.74) is 8.23. The average molecular weight is 498 g/mol. The smallest absolute Gasteiger partial charge is 0.248 e. The number of carbonyl (C=O) groups excluding carboxylic acids is 2. The van der Waals surface area contributed by atoms with Crippen molar-refractivity contribution in [1.82, 2.24) is 9.80 Å². The number of hydrogen-bond acceptors (Lipinski definition) is 5. The molecule has 2 heterocycles. The predicted octanol–water partition coefficient (Wildman–Crippen LogP) is 2.96. The van der Waals surface area contributed by atoms with Crippen molar-refractivity contribution in [1.29, 1.82) is 0 Å². The van der Waals surface area contributed by atoms with Gasteiger partial charge in [-0.25, -0.2) is 8.42 Å². The molecule has 0 radical (unpaired) electrons. The molecule has 0 spiro atoms. The maximum atomic E-state index is 12.8. The summed E-state index contributed by atoms with van der Waals surface area (Å²) in [6.07, 6.45) is 6.34. The SMILES string of the molecule is CS(=O)(=O)CC(=O)N(CCCN1[C@@H]2CC[C@H]1C[C@@H](c1cccc(C(N)=O)c1)C2)Cc1ccccc1. The van der Waals surface area contributed by atoms with Gasteiger partial charge in [-0.05, 0) is 61.3 Å². The fraction of sp³-hybridized carbons (Fsp3) is 0.481. The summed E-state index contributed by atoms with van der Waals surface area (Å²) in [5.74, 6) is -0.764. The molecular weight excluding hydrogens is 462 g/mol. The summed E-state index contributed by atoms with van der Waals surface area (Å²) in [6.45, 7) is 1.84. The van der Waals surface area contributed by atoms with Gasteiger partial charge < -0.3 is 10.6 Å². The Morgan fingerprint density at radius 3 is 2.34 bits per heavy atom. The summed E-state index contributed by atoms with van der Waals surface area (Å²) in [7, 11) is -3.39. The van der Waals surface area contributed by atoms with Crippen molar-refractivity contribution in [2.45, 2.75) is 56.7 Å². The first-order valence-corrected chi connectivity index (χ1v) is 14.4. The number of carbonyl (C=O) groups is 2. The van der Waals surface area contributed by atoms with Crippen LogP contribution in [0.4, 0.5) is 0 Å². The van der Waals surface area contributed by atoms with E-state index < -0.39 is 21.5 Å². The standard InChI is InChI=1S/C27H35N3O4S/c1-35(33,34)19-26(31)29(18-20-7-3-2-4-8-20)13-6-14-30-24-11-12-25(30)17-23(16-24)21-9-5-10-22(15-21)27(28)32/h2-5,7-10,15,23-25H,6,11-14,16-19H2,1H3,(H2,28,32)/t23-,24+,25-. The van der Waals surface area contributed by atoms with Gasteiger partial charge in [-0.15, -0.1) is 0 Å². The summed E-state index contributed by atoms with van der Waals surface area (Å²) in [4.78, 5) is 28.6. The Labute approximate surface area is 208 Å². The second kappa shape index (κ2) is 10.9. The summed E-state index contributed by atoms with van der Waals surface area (Å²) in [6, 6.07) is 18.4. The van der Waals surface area contributed by atoms with Crippen LogP contribution in [0.5, 0.6) is 0 Å². The lowest BCUT2D eigenvalue weighted by atomic mass is 9.84. The number of primary amides is 1. The van der Waals surface area contributed by atoms with Crippen LogP contribution in [0.15, 0.2) is 54.6 Å². The van der Waals surface area contributed by atoms with Crippen molar-refractivity contribution in [2.75, 3.05) is 25.1 Å². The molecule has 2 N–H and O–H groups in total. The number of rotatable bonds is 10. The topological polar surface area (TPSA) is 101 Å². The normalized spacial score (nSPS) is 22.1. The van der Waals surface area contributed by atoms with Crippen molar-refractivity contribution in [3.05, 3.63) is 71.3 Å². The van der Waals surface area contributed by atoms with Gasteiger partial charge in [0, 0.05) is 43.5 Å². The molecule has 35 heavy (non-hydrogen) atoms. The molecule has 2 fully saturated rings. The Balaban J connectivity index is 1.36. The van der Waals surface area contributed by atoms with E-state index in [0.717, 1.165) is 50.5 Å². The molecule has 2 aliphatic heterocycles. The monoisotopic (exact) mass is 497 g/mol. The number of fused-ring (bicyclic) bond motifs is 2. The highest BCUT2D eigenvalue weighted by molar-refractivity contribution is 7.91. The molecule has 0 aromatic heterocycles. The summed E-state index contributed by atoms with van der Waals surface area (Å²) < 4.78 is 23.5. The van der Waals surface area contributed by atoms with E-state index in [9.17, 15) is 18.0 Å². The van der Waals surface area contributed by atoms with Gasteiger partial charge in [0.25, 0.3) is 0 Å². The van der Waals surface area contributed by atoms with E-state index in [1.807, 2.05) is 42.5 Å². The van der Waals surface area contributed by atoms with E-state index >= 15 is 0 Å². The average Bonchev–Trinajstić information content (AvgIpc) is 3.04. The predicted molar refractivity (Wildman–Crippen MR) is 137 cm³/mol. The molecule has 0 unspecified atom stereocenters. The molecule has 2 aliphatic rings. The molecule has 0 aliphatic carbocycles. The van der Waals surface area contributed by atoms with Gasteiger partial charge in [0.15, 0.2) is 9.84 Å². The zero-order valence-electron chi connectivity index (χ0n) is 20.3. The number of hydrogen-bond donors (Lipinski definition) is 1. The third kappa shape index (κ3) is 6.70. The van der Waals surface area contributed by atoms with Crippen LogP contribution in [0.2, 0.25) is 0 Å². The molecule has 2 aromatic carbocycles. The van der Waals surface area contributed by atoms with Crippen LogP contribution < -0.4 is 5.73 Å². The molecule has 0 saturated carbocycles. The van der Waals surface area contributed by atoms with Crippen LogP contribution in [0, 0.1) is 0 Å². The molecule has 188 valence electrons. The zero-order valence-corrected chi connectivity index (χ0v) is 21.1. The highest BCUT2D eigenvalue weighted by atomic mass is 32.2. The van der Waals surface area contributed by atoms with Crippen LogP contribution in [0.25, 0.3) is 0 Å². The second-order valence-corrected chi connectivity index (χ2v) is 12.1. The first-order chi connectivity index (χ1) is 16.7. The lowest BCUT2D eigenvalue weighted by Gasteiger charge is -2.39. The lowest BCUT2D eigenvalue weighted by Crippen LogP contribution is -2.44. The number of nitrogens with zero attached hydrogens (tertiary/aromatic N) is 2. The number of piperidine rings is 1. The zero-order chi connectivity index (χ0) is 25.0. The molecule has 2 aromatic rings. The van der Waals surface area contributed by atoms with Gasteiger partial charge in [-0.1, -0.05) is 42.5 Å². The van der Waals surface area contributed by atoms with Gasteiger partial charge in [-0.2, -0.15) is 0 Å². The van der Waals surface area contributed by atoms with Crippen molar-refractivity contribution in [3.63, 3.8) is 0 Å². The molecule has 4 rings (SSSR count). The molecule has 3 atom stereocenters. The molecule has 2 bridgehead atoms. The van der Waals surface area contributed by atoms with Gasteiger partial charge >= 0.3 is 0 Å². The van der Waals surface area contributed by atoms with Crippen LogP contribution in [0.3, 0.4) is 0 Å². The number of nitrogens with two attached hydrogens (primary N) is 1. The van der Waals surface area contributed by atoms with E-state index in [2.05, 4.69) is 11.0 Å². The maximum absolute atomic E-state index is 12.8. The van der Waals surface area contributed by atoms with E-state index in [4.69, 9.17) is 5.73 Å². The number of benzene rings is 2. The summed E-state index contributed by atoms with van der Waals surface area (Å²) >= 11 is 0. The van der Waals surface area contributed by atoms with Gasteiger partial charge in [0.2, 0.25) is 11.8 Å². The fourth-order valence-electron chi connectivity index (χ4n) is 5.71. The van der Waals surface area contributed by atoms with Gasteiger partial charge in [-0.3, -0.25) is 14.5 Å². The van der Waals surface area contributed by atoms with E-state index in [1.165, 1.54) is 5.56 Å². The first-order valence-electron chi connectivity index (χ1n) is 12.3. The van der Waals surface area contributed by atoms with E-state index in [-0.39, 0.29) is 5.91 Å². The van der Waals surface area contributed by atoms with Crippen LogP contribution in [0.1, 0.15) is 59.5 Å². The number of amides is 2. The Kier molecular flexibility index (Phi) is 7.91. The highest BCUT2D eigenvalue weighted by Crippen LogP contribution is 2.43. The van der Waals surface area contributed by atoms with Crippen molar-refractivity contribution in [2.24, 2.45) is 5.73 Å². The number of sulfone groups is 1. The second-order valence-electron chi connectivity index (χ2n) is 10.0. The third-order valence-corrected chi connectivity index (χ3v) is 8.10. The van der Waals surface area contributed by atoms with Gasteiger partial charge in [0.05, 0.1) is 0 Å². The molecular formula is C27H35N3O4S. The van der Waals surface area contributed by atoms with Crippen LogP contribution in [-0.2, 0) is 21.2 Å². The molecule has 8 heteroatoms. The minimum Gasteiger partial charge on any atom is -0.366 e. The Morgan fingerprint density at radius 2 is 1.71 bits per heavy atom. The minimum atomic E-state index is -3.39. The molecule has 2 amide bonds. The third-order valence-electron chi connectivity index (χ3n) is 7.33.